The Hall–Kier alpha value is -0.380. The van der Waals surface area contributed by atoms with Crippen molar-refractivity contribution < 1.29 is 9.53 Å². The van der Waals surface area contributed by atoms with Gasteiger partial charge in [-0.05, 0) is 37.1 Å². The summed E-state index contributed by atoms with van der Waals surface area (Å²) < 4.78 is 5.50. The molecule has 1 aliphatic carbocycles. The molecule has 1 aromatic rings. The molecular weight excluding hydrogens is 232 g/mol. The van der Waals surface area contributed by atoms with Crippen molar-refractivity contribution in [3.63, 3.8) is 0 Å². The number of Topliss-reactive ketones (excluding diaryl/α,β-unsaturated/α-hetero) is 1. The Balaban J connectivity index is 2.14. The van der Waals surface area contributed by atoms with Crippen molar-refractivity contribution in [3.05, 3.63) is 21.3 Å². The molecule has 1 unspecified atom stereocenters. The molecule has 1 heterocycles. The maximum Gasteiger partial charge on any atom is 0.203 e. The first-order chi connectivity index (χ1) is 7.24. The van der Waals surface area contributed by atoms with Crippen LogP contribution in [0.3, 0.4) is 0 Å². The average Bonchev–Trinajstić information content (AvgIpc) is 2.97. The van der Waals surface area contributed by atoms with E-state index >= 15 is 0 Å². The quantitative estimate of drug-likeness (QED) is 0.742. The van der Waals surface area contributed by atoms with Gasteiger partial charge in [-0.2, -0.15) is 0 Å². The molecule has 0 saturated heterocycles. The van der Waals surface area contributed by atoms with E-state index in [1.165, 1.54) is 11.3 Å². The maximum absolute atomic E-state index is 12.1. The van der Waals surface area contributed by atoms with Crippen LogP contribution in [0.1, 0.15) is 29.4 Å². The summed E-state index contributed by atoms with van der Waals surface area (Å²) in [5.41, 5.74) is 0. The number of hydrogen-bond donors (Lipinski definition) is 0. The van der Waals surface area contributed by atoms with Crippen LogP contribution in [0, 0.1) is 5.92 Å². The van der Waals surface area contributed by atoms with E-state index in [0.717, 1.165) is 12.8 Å². The van der Waals surface area contributed by atoms with E-state index in [0.29, 0.717) is 22.4 Å². The summed E-state index contributed by atoms with van der Waals surface area (Å²) in [6.07, 6.45) is 1.92. The van der Waals surface area contributed by atoms with Crippen LogP contribution in [-0.4, -0.2) is 18.5 Å². The lowest BCUT2D eigenvalue weighted by atomic mass is 10.1. The number of thiophene rings is 1. The smallest absolute Gasteiger partial charge is 0.203 e. The monoisotopic (exact) mass is 244 g/mol. The van der Waals surface area contributed by atoms with E-state index in [9.17, 15) is 4.79 Å². The van der Waals surface area contributed by atoms with Gasteiger partial charge in [-0.1, -0.05) is 11.6 Å². The number of carbonyl (C=O) groups is 1. The summed E-state index contributed by atoms with van der Waals surface area (Å²) in [6, 6.07) is 1.76. The zero-order valence-corrected chi connectivity index (χ0v) is 10.1. The molecule has 1 aromatic heterocycles. The molecule has 1 saturated carbocycles. The van der Waals surface area contributed by atoms with Gasteiger partial charge < -0.3 is 4.74 Å². The Labute approximate surface area is 98.2 Å². The van der Waals surface area contributed by atoms with E-state index in [4.69, 9.17) is 16.3 Å². The van der Waals surface area contributed by atoms with Gasteiger partial charge in [0.1, 0.15) is 6.10 Å². The van der Waals surface area contributed by atoms with Crippen molar-refractivity contribution in [2.75, 3.05) is 6.61 Å². The molecule has 0 N–H and O–H groups in total. The molecule has 0 spiro atoms. The highest BCUT2D eigenvalue weighted by atomic mass is 35.5. The zero-order valence-electron chi connectivity index (χ0n) is 8.53. The molecule has 1 fully saturated rings. The first-order valence-corrected chi connectivity index (χ1v) is 6.38. The van der Waals surface area contributed by atoms with Crippen molar-refractivity contribution in [2.24, 2.45) is 5.92 Å². The second-order valence-corrected chi connectivity index (χ2v) is 5.00. The average molecular weight is 245 g/mol. The first-order valence-electron chi connectivity index (χ1n) is 5.12. The third-order valence-corrected chi connectivity index (χ3v) is 3.85. The number of carbonyl (C=O) groups excluding carboxylic acids is 1. The Morgan fingerprint density at radius 3 is 2.93 bits per heavy atom. The van der Waals surface area contributed by atoms with Gasteiger partial charge in [0.2, 0.25) is 5.78 Å². The second-order valence-electron chi connectivity index (χ2n) is 3.68. The van der Waals surface area contributed by atoms with Gasteiger partial charge in [-0.25, -0.2) is 0 Å². The van der Waals surface area contributed by atoms with Gasteiger partial charge in [-0.3, -0.25) is 4.79 Å². The summed E-state index contributed by atoms with van der Waals surface area (Å²) in [6.45, 7) is 2.49. The topological polar surface area (TPSA) is 26.3 Å². The maximum atomic E-state index is 12.1. The predicted octanol–water partition coefficient (Wildman–Crippen LogP) is 3.40. The molecule has 1 aliphatic rings. The molecule has 2 nitrogen and oxygen atoms in total. The minimum Gasteiger partial charge on any atom is -0.370 e. The predicted molar refractivity (Wildman–Crippen MR) is 61.8 cm³/mol. The van der Waals surface area contributed by atoms with Gasteiger partial charge in [0, 0.05) is 6.61 Å². The Kier molecular flexibility index (Phi) is 3.44. The molecular formula is C11H13ClO2S. The number of halogens is 1. The highest BCUT2D eigenvalue weighted by Crippen LogP contribution is 2.37. The molecule has 2 rings (SSSR count). The van der Waals surface area contributed by atoms with Crippen LogP contribution in [0.2, 0.25) is 5.02 Å². The van der Waals surface area contributed by atoms with Crippen LogP contribution in [-0.2, 0) is 4.74 Å². The zero-order chi connectivity index (χ0) is 10.8. The molecule has 4 heteroatoms. The van der Waals surface area contributed by atoms with Crippen LogP contribution in [0.5, 0.6) is 0 Å². The lowest BCUT2D eigenvalue weighted by Crippen LogP contribution is -2.26. The van der Waals surface area contributed by atoms with E-state index < -0.39 is 0 Å². The van der Waals surface area contributed by atoms with Gasteiger partial charge in [0.15, 0.2) is 0 Å². The summed E-state index contributed by atoms with van der Waals surface area (Å²) in [4.78, 5) is 12.7. The number of hydrogen-bond acceptors (Lipinski definition) is 3. The first kappa shape index (κ1) is 11.1. The highest BCUT2D eigenvalue weighted by Gasteiger charge is 2.38. The van der Waals surface area contributed by atoms with E-state index in [1.807, 2.05) is 12.3 Å². The van der Waals surface area contributed by atoms with E-state index in [2.05, 4.69) is 0 Å². The number of ether oxygens (including phenoxy) is 1. The summed E-state index contributed by atoms with van der Waals surface area (Å²) in [5, 5.41) is 2.39. The summed E-state index contributed by atoms with van der Waals surface area (Å²) >= 11 is 7.33. The van der Waals surface area contributed by atoms with Crippen LogP contribution in [0.25, 0.3) is 0 Å². The largest absolute Gasteiger partial charge is 0.370 e. The fraction of sp³-hybridized carbons (Fsp3) is 0.545. The van der Waals surface area contributed by atoms with E-state index in [1.54, 1.807) is 6.07 Å². The molecule has 82 valence electrons. The molecule has 1 atom stereocenters. The lowest BCUT2D eigenvalue weighted by Gasteiger charge is -2.14. The van der Waals surface area contributed by atoms with Gasteiger partial charge in [0.25, 0.3) is 0 Å². The minimum absolute atomic E-state index is 0.0550. The third-order valence-electron chi connectivity index (χ3n) is 2.50. The van der Waals surface area contributed by atoms with Crippen LogP contribution in [0.15, 0.2) is 11.4 Å². The summed E-state index contributed by atoms with van der Waals surface area (Å²) in [7, 11) is 0. The van der Waals surface area contributed by atoms with Crippen molar-refractivity contribution in [1.29, 1.82) is 0 Å². The Morgan fingerprint density at radius 2 is 2.47 bits per heavy atom. The fourth-order valence-corrected chi connectivity index (χ4v) is 2.72. The van der Waals surface area contributed by atoms with Crippen molar-refractivity contribution >= 4 is 28.7 Å². The highest BCUT2D eigenvalue weighted by molar-refractivity contribution is 7.12. The van der Waals surface area contributed by atoms with E-state index in [-0.39, 0.29) is 11.9 Å². The second kappa shape index (κ2) is 4.64. The van der Waals surface area contributed by atoms with Crippen molar-refractivity contribution in [3.8, 4) is 0 Å². The molecule has 0 aliphatic heterocycles. The van der Waals surface area contributed by atoms with Gasteiger partial charge in [0.05, 0.1) is 9.90 Å². The molecule has 0 amide bonds. The van der Waals surface area contributed by atoms with Crippen molar-refractivity contribution in [1.82, 2.24) is 0 Å². The summed E-state index contributed by atoms with van der Waals surface area (Å²) in [5.74, 6) is 0.468. The Morgan fingerprint density at radius 1 is 1.73 bits per heavy atom. The minimum atomic E-state index is -0.272. The fourth-order valence-electron chi connectivity index (χ4n) is 1.60. The molecule has 0 aromatic carbocycles. The molecule has 0 radical (unpaired) electrons. The number of rotatable bonds is 5. The van der Waals surface area contributed by atoms with Gasteiger partial charge in [-0.15, -0.1) is 11.3 Å². The lowest BCUT2D eigenvalue weighted by molar-refractivity contribution is 0.0378. The third kappa shape index (κ3) is 2.41. The van der Waals surface area contributed by atoms with Crippen molar-refractivity contribution in [2.45, 2.75) is 25.9 Å². The normalized spacial score (nSPS) is 17.7. The van der Waals surface area contributed by atoms with Crippen LogP contribution >= 0.6 is 22.9 Å². The van der Waals surface area contributed by atoms with Crippen LogP contribution in [0.4, 0.5) is 0 Å². The van der Waals surface area contributed by atoms with Gasteiger partial charge >= 0.3 is 0 Å². The molecule has 0 bridgehead atoms. The number of ketones is 1. The molecule has 15 heavy (non-hydrogen) atoms. The SMILES string of the molecule is CCOC(C(=O)c1sccc1Cl)C1CC1. The standard InChI is InChI=1S/C11H13ClO2S/c1-2-14-10(7-3-4-7)9(13)11-8(12)5-6-15-11/h5-7,10H,2-4H2,1H3. The van der Waals surface area contributed by atoms with Crippen LogP contribution < -0.4 is 0 Å². The Bertz CT molecular complexity index is 357.